The molecule has 4 heteroatoms. The first-order valence-corrected chi connectivity index (χ1v) is 4.95. The van der Waals surface area contributed by atoms with Crippen LogP contribution in [0.25, 0.3) is 0 Å². The van der Waals surface area contributed by atoms with Gasteiger partial charge in [-0.2, -0.15) is 0 Å². The van der Waals surface area contributed by atoms with Gasteiger partial charge in [0.05, 0.1) is 6.42 Å². The van der Waals surface area contributed by atoms with E-state index < -0.39 is 5.97 Å². The maximum Gasteiger partial charge on any atom is 0.304 e. The predicted molar refractivity (Wildman–Crippen MR) is 48.6 cm³/mol. The maximum absolute atomic E-state index is 10.2. The van der Waals surface area contributed by atoms with E-state index in [-0.39, 0.29) is 6.42 Å². The average Bonchev–Trinajstić information content (AvgIpc) is 2.75. The van der Waals surface area contributed by atoms with Crippen LogP contribution in [0.5, 0.6) is 0 Å². The van der Waals surface area contributed by atoms with Crippen LogP contribution in [0.4, 0.5) is 0 Å². The van der Waals surface area contributed by atoms with Crippen molar-refractivity contribution in [2.45, 2.75) is 31.3 Å². The molecule has 13 heavy (non-hydrogen) atoms. The normalized spacial score (nSPS) is 24.3. The van der Waals surface area contributed by atoms with Gasteiger partial charge in [-0.3, -0.25) is 9.69 Å². The number of nitrogens with one attached hydrogen (secondary N) is 1. The lowest BCUT2D eigenvalue weighted by Crippen LogP contribution is -2.58. The summed E-state index contributed by atoms with van der Waals surface area (Å²) in [5.41, 5.74) is 0. The topological polar surface area (TPSA) is 52.6 Å². The first-order valence-electron chi connectivity index (χ1n) is 4.95. The summed E-state index contributed by atoms with van der Waals surface area (Å²) in [6, 6.07) is 1.40. The first kappa shape index (κ1) is 8.97. The van der Waals surface area contributed by atoms with Crippen molar-refractivity contribution in [1.82, 2.24) is 10.2 Å². The minimum absolute atomic E-state index is 0.236. The van der Waals surface area contributed by atoms with Gasteiger partial charge in [0.2, 0.25) is 0 Å². The van der Waals surface area contributed by atoms with Crippen LogP contribution in [0.15, 0.2) is 0 Å². The molecule has 0 spiro atoms. The zero-order chi connectivity index (χ0) is 9.26. The first-order chi connectivity index (χ1) is 6.25. The highest BCUT2D eigenvalue weighted by Crippen LogP contribution is 2.30. The SMILES string of the molecule is O=C(O)CCNC1CN(C2CC2)C1. The van der Waals surface area contributed by atoms with E-state index in [9.17, 15) is 4.79 Å². The number of hydrogen-bond acceptors (Lipinski definition) is 3. The molecule has 0 unspecified atom stereocenters. The fourth-order valence-electron chi connectivity index (χ4n) is 1.76. The maximum atomic E-state index is 10.2. The molecule has 2 fully saturated rings. The lowest BCUT2D eigenvalue weighted by molar-refractivity contribution is -0.136. The highest BCUT2D eigenvalue weighted by molar-refractivity contribution is 5.66. The van der Waals surface area contributed by atoms with Crippen molar-refractivity contribution >= 4 is 5.97 Å². The number of carboxylic acid groups (broad SMARTS) is 1. The molecule has 1 saturated carbocycles. The Morgan fingerprint density at radius 1 is 1.46 bits per heavy atom. The molecule has 1 saturated heterocycles. The molecule has 1 aliphatic carbocycles. The van der Waals surface area contributed by atoms with E-state index in [1.165, 1.54) is 12.8 Å². The fourth-order valence-corrected chi connectivity index (χ4v) is 1.76. The predicted octanol–water partition coefficient (Wildman–Crippen LogP) is -0.103. The van der Waals surface area contributed by atoms with Crippen molar-refractivity contribution in [3.63, 3.8) is 0 Å². The van der Waals surface area contributed by atoms with Crippen molar-refractivity contribution in [2.75, 3.05) is 19.6 Å². The van der Waals surface area contributed by atoms with E-state index in [1.807, 2.05) is 0 Å². The summed E-state index contributed by atoms with van der Waals surface area (Å²) in [6.45, 7) is 2.84. The Morgan fingerprint density at radius 3 is 2.69 bits per heavy atom. The molecule has 1 heterocycles. The number of nitrogens with zero attached hydrogens (tertiary/aromatic N) is 1. The highest BCUT2D eigenvalue weighted by Gasteiger charge is 2.37. The van der Waals surface area contributed by atoms with E-state index in [0.29, 0.717) is 12.6 Å². The van der Waals surface area contributed by atoms with Gasteiger partial charge in [-0.25, -0.2) is 0 Å². The van der Waals surface area contributed by atoms with E-state index in [0.717, 1.165) is 19.1 Å². The summed E-state index contributed by atoms with van der Waals surface area (Å²) >= 11 is 0. The molecule has 2 N–H and O–H groups in total. The zero-order valence-corrected chi connectivity index (χ0v) is 7.70. The van der Waals surface area contributed by atoms with Crippen molar-refractivity contribution in [1.29, 1.82) is 0 Å². The minimum atomic E-state index is -0.717. The third-order valence-electron chi connectivity index (χ3n) is 2.74. The summed E-state index contributed by atoms with van der Waals surface area (Å²) in [5.74, 6) is -0.717. The zero-order valence-electron chi connectivity index (χ0n) is 7.70. The molecule has 0 atom stereocenters. The lowest BCUT2D eigenvalue weighted by Gasteiger charge is -2.40. The monoisotopic (exact) mass is 184 g/mol. The van der Waals surface area contributed by atoms with E-state index in [2.05, 4.69) is 10.2 Å². The van der Waals surface area contributed by atoms with Gasteiger partial charge in [-0.15, -0.1) is 0 Å². The van der Waals surface area contributed by atoms with Crippen LogP contribution in [-0.2, 0) is 4.79 Å². The van der Waals surface area contributed by atoms with Gasteiger partial charge in [0, 0.05) is 31.7 Å². The van der Waals surface area contributed by atoms with Gasteiger partial charge in [0.1, 0.15) is 0 Å². The fraction of sp³-hybridized carbons (Fsp3) is 0.889. The van der Waals surface area contributed by atoms with Gasteiger partial charge in [-0.05, 0) is 12.8 Å². The number of carboxylic acids is 1. The number of carbonyl (C=O) groups is 1. The van der Waals surface area contributed by atoms with Crippen molar-refractivity contribution in [3.05, 3.63) is 0 Å². The summed E-state index contributed by atoms with van der Waals surface area (Å²) in [7, 11) is 0. The number of rotatable bonds is 5. The third kappa shape index (κ3) is 2.42. The van der Waals surface area contributed by atoms with E-state index in [4.69, 9.17) is 5.11 Å². The summed E-state index contributed by atoms with van der Waals surface area (Å²) < 4.78 is 0. The van der Waals surface area contributed by atoms with Gasteiger partial charge in [0.25, 0.3) is 0 Å². The number of aliphatic carboxylic acids is 1. The number of hydrogen-bond donors (Lipinski definition) is 2. The van der Waals surface area contributed by atoms with Crippen LogP contribution in [-0.4, -0.2) is 47.7 Å². The van der Waals surface area contributed by atoms with Gasteiger partial charge < -0.3 is 10.4 Å². The second kappa shape index (κ2) is 3.64. The second-order valence-corrected chi connectivity index (χ2v) is 3.98. The molecular weight excluding hydrogens is 168 g/mol. The largest absolute Gasteiger partial charge is 0.481 e. The Labute approximate surface area is 77.9 Å². The Bertz CT molecular complexity index is 198. The molecule has 74 valence electrons. The molecule has 2 rings (SSSR count). The Morgan fingerprint density at radius 2 is 2.15 bits per heavy atom. The standard InChI is InChI=1S/C9H16N2O2/c12-9(13)3-4-10-7-5-11(6-7)8-1-2-8/h7-8,10H,1-6H2,(H,12,13). The smallest absolute Gasteiger partial charge is 0.304 e. The lowest BCUT2D eigenvalue weighted by atomic mass is 10.1. The minimum Gasteiger partial charge on any atom is -0.481 e. The van der Waals surface area contributed by atoms with Gasteiger partial charge in [-0.1, -0.05) is 0 Å². The van der Waals surface area contributed by atoms with Crippen LogP contribution in [0.3, 0.4) is 0 Å². The highest BCUT2D eigenvalue weighted by atomic mass is 16.4. The molecular formula is C9H16N2O2. The number of likely N-dealkylation sites (tertiary alicyclic amines) is 1. The van der Waals surface area contributed by atoms with Crippen molar-refractivity contribution in [2.24, 2.45) is 0 Å². The van der Waals surface area contributed by atoms with Gasteiger partial charge in [0.15, 0.2) is 0 Å². The van der Waals surface area contributed by atoms with Crippen LogP contribution >= 0.6 is 0 Å². The quantitative estimate of drug-likeness (QED) is 0.626. The Balaban J connectivity index is 1.51. The molecule has 1 aliphatic heterocycles. The molecule has 4 nitrogen and oxygen atoms in total. The third-order valence-corrected chi connectivity index (χ3v) is 2.74. The molecule has 0 amide bonds. The molecule has 0 bridgehead atoms. The Hall–Kier alpha value is -0.610. The van der Waals surface area contributed by atoms with Crippen LogP contribution < -0.4 is 5.32 Å². The Kier molecular flexibility index (Phi) is 2.51. The summed E-state index contributed by atoms with van der Waals surface area (Å²) in [5, 5.41) is 11.7. The van der Waals surface area contributed by atoms with Gasteiger partial charge >= 0.3 is 5.97 Å². The summed E-state index contributed by atoms with van der Waals surface area (Å²) in [6.07, 6.45) is 2.96. The molecule has 0 radical (unpaired) electrons. The second-order valence-electron chi connectivity index (χ2n) is 3.98. The molecule has 0 aromatic heterocycles. The van der Waals surface area contributed by atoms with E-state index >= 15 is 0 Å². The summed E-state index contributed by atoms with van der Waals surface area (Å²) in [4.78, 5) is 12.7. The van der Waals surface area contributed by atoms with Crippen LogP contribution in [0, 0.1) is 0 Å². The van der Waals surface area contributed by atoms with Crippen molar-refractivity contribution < 1.29 is 9.90 Å². The van der Waals surface area contributed by atoms with Crippen molar-refractivity contribution in [3.8, 4) is 0 Å². The molecule has 2 aliphatic rings. The molecule has 0 aromatic carbocycles. The van der Waals surface area contributed by atoms with Crippen LogP contribution in [0.2, 0.25) is 0 Å². The van der Waals surface area contributed by atoms with E-state index in [1.54, 1.807) is 0 Å². The molecule has 0 aromatic rings. The average molecular weight is 184 g/mol. The van der Waals surface area contributed by atoms with Crippen LogP contribution in [0.1, 0.15) is 19.3 Å².